The Morgan fingerprint density at radius 3 is 2.53 bits per heavy atom. The number of benzene rings is 1. The molecule has 2 unspecified atom stereocenters. The third-order valence-electron chi connectivity index (χ3n) is 2.84. The molecule has 1 aliphatic heterocycles. The monoisotopic (exact) mass is 293 g/mol. The minimum absolute atomic E-state index is 0. The van der Waals surface area contributed by atoms with Gasteiger partial charge in [0.25, 0.3) is 0 Å². The maximum atomic E-state index is 12.7. The summed E-state index contributed by atoms with van der Waals surface area (Å²) in [7, 11) is 0. The minimum Gasteiger partial charge on any atom is -0.316 e. The Morgan fingerprint density at radius 1 is 1.27 bits per heavy atom. The van der Waals surface area contributed by atoms with Crippen molar-refractivity contribution < 1.29 is 4.39 Å². The second-order valence-electron chi connectivity index (χ2n) is 3.73. The largest absolute Gasteiger partial charge is 0.316 e. The second-order valence-corrected chi connectivity index (χ2v) is 4.65. The van der Waals surface area contributed by atoms with Crippen molar-refractivity contribution >= 4 is 28.3 Å². The van der Waals surface area contributed by atoms with E-state index in [2.05, 4.69) is 33.4 Å². The van der Waals surface area contributed by atoms with Gasteiger partial charge in [-0.05, 0) is 17.7 Å². The molecule has 1 heterocycles. The molecule has 84 valence electrons. The van der Waals surface area contributed by atoms with Crippen LogP contribution in [0.3, 0.4) is 0 Å². The highest BCUT2D eigenvalue weighted by Gasteiger charge is 2.27. The summed E-state index contributed by atoms with van der Waals surface area (Å²) in [4.78, 5) is 0. The van der Waals surface area contributed by atoms with Gasteiger partial charge in [-0.15, -0.1) is 12.4 Å². The molecule has 1 aromatic rings. The molecule has 1 nitrogen and oxygen atoms in total. The number of halogens is 3. The number of hydrogen-bond donors (Lipinski definition) is 1. The number of nitrogens with one attached hydrogen (secondary N) is 1. The van der Waals surface area contributed by atoms with E-state index >= 15 is 0 Å². The maximum absolute atomic E-state index is 12.7. The highest BCUT2D eigenvalue weighted by Crippen LogP contribution is 2.29. The minimum atomic E-state index is -0.228. The van der Waals surface area contributed by atoms with Crippen molar-refractivity contribution in [1.82, 2.24) is 5.32 Å². The van der Waals surface area contributed by atoms with Crippen LogP contribution < -0.4 is 5.32 Å². The first-order valence-corrected chi connectivity index (χ1v) is 5.62. The summed E-state index contributed by atoms with van der Waals surface area (Å²) in [5.74, 6) is 0.490. The molecule has 1 aromatic carbocycles. The Kier molecular flexibility index (Phi) is 5.03. The van der Waals surface area contributed by atoms with Crippen LogP contribution in [0.5, 0.6) is 0 Å². The fourth-order valence-electron chi connectivity index (χ4n) is 2.00. The van der Waals surface area contributed by atoms with Crippen molar-refractivity contribution in [1.29, 1.82) is 0 Å². The van der Waals surface area contributed by atoms with Gasteiger partial charge in [0.15, 0.2) is 0 Å². The van der Waals surface area contributed by atoms with Gasteiger partial charge in [-0.3, -0.25) is 4.39 Å². The lowest BCUT2D eigenvalue weighted by molar-refractivity contribution is 0.358. The SMILES string of the molecule is Cl.FCC1CNCC1c1ccc(Br)cc1. The molecule has 0 bridgehead atoms. The lowest BCUT2D eigenvalue weighted by Crippen LogP contribution is -2.12. The van der Waals surface area contributed by atoms with E-state index in [1.54, 1.807) is 0 Å². The standard InChI is InChI=1S/C11H13BrFN.ClH/c12-10-3-1-8(2-4-10)11-7-14-6-9(11)5-13;/h1-4,9,11,14H,5-7H2;1H. The van der Waals surface area contributed by atoms with E-state index in [4.69, 9.17) is 0 Å². The molecule has 1 fully saturated rings. The topological polar surface area (TPSA) is 12.0 Å². The summed E-state index contributed by atoms with van der Waals surface area (Å²) in [6.07, 6.45) is 0. The molecule has 0 aliphatic carbocycles. The zero-order valence-corrected chi connectivity index (χ0v) is 10.7. The summed E-state index contributed by atoms with van der Waals surface area (Å²) >= 11 is 3.40. The molecule has 15 heavy (non-hydrogen) atoms. The zero-order valence-electron chi connectivity index (χ0n) is 8.25. The van der Waals surface area contributed by atoms with Crippen LogP contribution in [0.15, 0.2) is 28.7 Å². The van der Waals surface area contributed by atoms with Gasteiger partial charge in [-0.2, -0.15) is 0 Å². The fourth-order valence-corrected chi connectivity index (χ4v) is 2.26. The van der Waals surface area contributed by atoms with Gasteiger partial charge >= 0.3 is 0 Å². The van der Waals surface area contributed by atoms with Crippen LogP contribution in [-0.4, -0.2) is 19.8 Å². The quantitative estimate of drug-likeness (QED) is 0.883. The molecule has 2 rings (SSSR count). The van der Waals surface area contributed by atoms with Crippen molar-refractivity contribution in [2.24, 2.45) is 5.92 Å². The molecule has 1 aliphatic rings. The van der Waals surface area contributed by atoms with Crippen molar-refractivity contribution in [3.8, 4) is 0 Å². The highest BCUT2D eigenvalue weighted by atomic mass is 79.9. The van der Waals surface area contributed by atoms with Crippen LogP contribution in [0.25, 0.3) is 0 Å². The molecule has 0 saturated carbocycles. The average molecular weight is 295 g/mol. The fraction of sp³-hybridized carbons (Fsp3) is 0.455. The summed E-state index contributed by atoms with van der Waals surface area (Å²) < 4.78 is 13.7. The molecule has 1 saturated heterocycles. The van der Waals surface area contributed by atoms with Gasteiger partial charge in [0.2, 0.25) is 0 Å². The lowest BCUT2D eigenvalue weighted by atomic mass is 9.90. The Hall–Kier alpha value is -0.120. The average Bonchev–Trinajstić information content (AvgIpc) is 2.67. The van der Waals surface area contributed by atoms with Gasteiger partial charge in [0, 0.05) is 29.4 Å². The normalized spacial score (nSPS) is 24.9. The Labute approximate surface area is 104 Å². The van der Waals surface area contributed by atoms with Gasteiger partial charge in [-0.25, -0.2) is 0 Å². The van der Waals surface area contributed by atoms with Crippen LogP contribution >= 0.6 is 28.3 Å². The molecule has 0 radical (unpaired) electrons. The zero-order chi connectivity index (χ0) is 9.97. The van der Waals surface area contributed by atoms with Crippen LogP contribution in [-0.2, 0) is 0 Å². The van der Waals surface area contributed by atoms with Crippen molar-refractivity contribution in [3.05, 3.63) is 34.3 Å². The van der Waals surface area contributed by atoms with E-state index < -0.39 is 0 Å². The van der Waals surface area contributed by atoms with E-state index in [0.717, 1.165) is 17.6 Å². The molecular formula is C11H14BrClFN. The van der Waals surface area contributed by atoms with Crippen molar-refractivity contribution in [2.75, 3.05) is 19.8 Å². The Bertz CT molecular complexity index is 304. The summed E-state index contributed by atoms with van der Waals surface area (Å²) in [5, 5.41) is 3.23. The van der Waals surface area contributed by atoms with Crippen molar-refractivity contribution in [2.45, 2.75) is 5.92 Å². The summed E-state index contributed by atoms with van der Waals surface area (Å²) in [6.45, 7) is 1.47. The number of hydrogen-bond acceptors (Lipinski definition) is 1. The van der Waals surface area contributed by atoms with E-state index in [1.165, 1.54) is 5.56 Å². The molecule has 0 aromatic heterocycles. The third-order valence-corrected chi connectivity index (χ3v) is 3.36. The van der Waals surface area contributed by atoms with Crippen molar-refractivity contribution in [3.63, 3.8) is 0 Å². The first-order chi connectivity index (χ1) is 6.81. The highest BCUT2D eigenvalue weighted by molar-refractivity contribution is 9.10. The molecule has 2 atom stereocenters. The van der Waals surface area contributed by atoms with Gasteiger partial charge in [0.05, 0.1) is 6.67 Å². The predicted molar refractivity (Wildman–Crippen MR) is 66.5 cm³/mol. The Morgan fingerprint density at radius 2 is 1.93 bits per heavy atom. The van der Waals surface area contributed by atoms with Gasteiger partial charge in [0.1, 0.15) is 0 Å². The smallest absolute Gasteiger partial charge is 0.0941 e. The first-order valence-electron chi connectivity index (χ1n) is 4.83. The third kappa shape index (κ3) is 2.92. The first kappa shape index (κ1) is 12.9. The molecular weight excluding hydrogens is 280 g/mol. The second kappa shape index (κ2) is 5.83. The number of alkyl halides is 1. The van der Waals surface area contributed by atoms with E-state index in [-0.39, 0.29) is 25.0 Å². The van der Waals surface area contributed by atoms with Gasteiger partial charge < -0.3 is 5.32 Å². The van der Waals surface area contributed by atoms with Gasteiger partial charge in [-0.1, -0.05) is 28.1 Å². The van der Waals surface area contributed by atoms with E-state index in [1.807, 2.05) is 12.1 Å². The molecule has 0 amide bonds. The summed E-state index contributed by atoms with van der Waals surface area (Å²) in [6, 6.07) is 8.18. The van der Waals surface area contributed by atoms with E-state index in [0.29, 0.717) is 5.92 Å². The van der Waals surface area contributed by atoms with Crippen LogP contribution in [0, 0.1) is 5.92 Å². The van der Waals surface area contributed by atoms with E-state index in [9.17, 15) is 4.39 Å². The van der Waals surface area contributed by atoms with Crippen LogP contribution in [0.4, 0.5) is 4.39 Å². The Balaban J connectivity index is 0.00000112. The van der Waals surface area contributed by atoms with Crippen LogP contribution in [0.1, 0.15) is 11.5 Å². The summed E-state index contributed by atoms with van der Waals surface area (Å²) in [5.41, 5.74) is 1.24. The maximum Gasteiger partial charge on any atom is 0.0941 e. The predicted octanol–water partition coefficient (Wildman–Crippen LogP) is 3.14. The molecule has 1 N–H and O–H groups in total. The van der Waals surface area contributed by atoms with Crippen LogP contribution in [0.2, 0.25) is 0 Å². The molecule has 0 spiro atoms. The molecule has 4 heteroatoms. The lowest BCUT2D eigenvalue weighted by Gasteiger charge is -2.15. The number of rotatable bonds is 2.